The van der Waals surface area contributed by atoms with Crippen LogP contribution in [0.3, 0.4) is 0 Å². The van der Waals surface area contributed by atoms with E-state index in [0.29, 0.717) is 6.42 Å². The zero-order valence-electron chi connectivity index (χ0n) is 23.0. The van der Waals surface area contributed by atoms with Gasteiger partial charge in [-0.2, -0.15) is 0 Å². The lowest BCUT2D eigenvalue weighted by Gasteiger charge is -2.32. The minimum atomic E-state index is -2.06. The summed E-state index contributed by atoms with van der Waals surface area (Å²) in [4.78, 5) is 45.9. The first-order valence-corrected chi connectivity index (χ1v) is 12.4. The van der Waals surface area contributed by atoms with Crippen molar-refractivity contribution in [1.82, 2.24) is 10.6 Å². The van der Waals surface area contributed by atoms with Crippen molar-refractivity contribution in [2.45, 2.75) is 39.7 Å². The van der Waals surface area contributed by atoms with Crippen molar-refractivity contribution in [1.29, 1.82) is 0 Å². The Balaban J connectivity index is 1.90. The van der Waals surface area contributed by atoms with Gasteiger partial charge in [-0.1, -0.05) is 26.0 Å². The van der Waals surface area contributed by atoms with Crippen molar-refractivity contribution in [2.75, 3.05) is 19.7 Å². The lowest BCUT2D eigenvalue weighted by molar-refractivity contribution is -0.383. The van der Waals surface area contributed by atoms with Gasteiger partial charge in [0.2, 0.25) is 0 Å². The SMILES string of the molecule is CC(C)(CNC(=O)c1ccc(B(O)O)c([N+](=O)[O-])c1)COC(C)(C)CCNC(=O)c1ccc(B(O)O)c([N+](=O)[O-])c1. The van der Waals surface area contributed by atoms with E-state index in [-0.39, 0.29) is 41.7 Å². The highest BCUT2D eigenvalue weighted by atomic mass is 16.6. The first-order valence-electron chi connectivity index (χ1n) is 12.4. The van der Waals surface area contributed by atoms with Crippen LogP contribution in [0.2, 0.25) is 0 Å². The fourth-order valence-corrected chi connectivity index (χ4v) is 3.64. The molecule has 2 rings (SSSR count). The van der Waals surface area contributed by atoms with E-state index in [9.17, 15) is 49.9 Å². The molecule has 0 aliphatic carbocycles. The number of nitro benzene ring substituents is 2. The molecule has 2 amide bonds. The molecule has 41 heavy (non-hydrogen) atoms. The van der Waals surface area contributed by atoms with Gasteiger partial charge in [0, 0.05) is 41.8 Å². The van der Waals surface area contributed by atoms with Crippen molar-refractivity contribution < 1.29 is 44.3 Å². The molecule has 220 valence electrons. The van der Waals surface area contributed by atoms with E-state index in [1.165, 1.54) is 12.1 Å². The van der Waals surface area contributed by atoms with Crippen LogP contribution in [-0.4, -0.2) is 81.3 Å². The number of hydrogen-bond donors (Lipinski definition) is 6. The van der Waals surface area contributed by atoms with Crippen molar-refractivity contribution in [2.24, 2.45) is 5.41 Å². The van der Waals surface area contributed by atoms with E-state index in [1.54, 1.807) is 13.8 Å². The van der Waals surface area contributed by atoms with Gasteiger partial charge in [0.1, 0.15) is 0 Å². The molecular weight excluding hydrogens is 542 g/mol. The van der Waals surface area contributed by atoms with Gasteiger partial charge in [0.05, 0.1) is 33.0 Å². The Bertz CT molecular complexity index is 1300. The topological polar surface area (TPSA) is 235 Å². The van der Waals surface area contributed by atoms with E-state index in [1.807, 2.05) is 13.8 Å². The zero-order valence-corrected chi connectivity index (χ0v) is 23.0. The molecule has 0 radical (unpaired) electrons. The normalized spacial score (nSPS) is 11.5. The van der Waals surface area contributed by atoms with Gasteiger partial charge >= 0.3 is 14.2 Å². The monoisotopic (exact) mass is 574 g/mol. The van der Waals surface area contributed by atoms with Crippen LogP contribution in [0, 0.1) is 25.6 Å². The van der Waals surface area contributed by atoms with Gasteiger partial charge in [-0.05, 0) is 32.4 Å². The number of rotatable bonds is 14. The summed E-state index contributed by atoms with van der Waals surface area (Å²) in [6, 6.07) is 6.63. The second-order valence-electron chi connectivity index (χ2n) is 10.7. The number of nitrogens with zero attached hydrogens (tertiary/aromatic N) is 2. The number of benzene rings is 2. The number of carbonyl (C=O) groups excluding carboxylic acids is 2. The Hall–Kier alpha value is -3.89. The van der Waals surface area contributed by atoms with Gasteiger partial charge in [0.25, 0.3) is 23.2 Å². The molecule has 0 atom stereocenters. The number of nitrogens with one attached hydrogen (secondary N) is 2. The Labute approximate surface area is 236 Å². The van der Waals surface area contributed by atoms with Crippen molar-refractivity contribution >= 4 is 48.4 Å². The van der Waals surface area contributed by atoms with Crippen LogP contribution in [0.15, 0.2) is 36.4 Å². The molecule has 0 heterocycles. The molecule has 15 nitrogen and oxygen atoms in total. The molecule has 0 saturated heterocycles. The third-order valence-corrected chi connectivity index (χ3v) is 6.13. The van der Waals surface area contributed by atoms with Crippen LogP contribution >= 0.6 is 0 Å². The summed E-state index contributed by atoms with van der Waals surface area (Å²) in [6.07, 6.45) is 0.365. The summed E-state index contributed by atoms with van der Waals surface area (Å²) in [6.45, 7) is 7.77. The summed E-state index contributed by atoms with van der Waals surface area (Å²) in [7, 11) is -4.12. The number of nitro groups is 2. The summed E-state index contributed by atoms with van der Waals surface area (Å²) in [5, 5.41) is 64.9. The molecule has 0 aromatic heterocycles. The number of ether oxygens (including phenoxy) is 1. The average Bonchev–Trinajstić information content (AvgIpc) is 2.89. The van der Waals surface area contributed by atoms with Crippen LogP contribution < -0.4 is 21.6 Å². The lowest BCUT2D eigenvalue weighted by Crippen LogP contribution is -2.40. The highest BCUT2D eigenvalue weighted by molar-refractivity contribution is 6.60. The van der Waals surface area contributed by atoms with Gasteiger partial charge in [-0.25, -0.2) is 0 Å². The summed E-state index contributed by atoms with van der Waals surface area (Å²) in [5.41, 5.74) is -3.19. The van der Waals surface area contributed by atoms with E-state index in [2.05, 4.69) is 10.6 Å². The highest BCUT2D eigenvalue weighted by Crippen LogP contribution is 2.22. The van der Waals surface area contributed by atoms with Crippen LogP contribution in [0.25, 0.3) is 0 Å². The number of hydrogen-bond acceptors (Lipinski definition) is 11. The van der Waals surface area contributed by atoms with Crippen LogP contribution in [0.4, 0.5) is 11.4 Å². The smallest absolute Gasteiger partial charge is 0.423 e. The van der Waals surface area contributed by atoms with Gasteiger partial charge in [-0.15, -0.1) is 0 Å². The second-order valence-corrected chi connectivity index (χ2v) is 10.7. The molecule has 0 aliphatic heterocycles. The van der Waals surface area contributed by atoms with E-state index >= 15 is 0 Å². The predicted molar refractivity (Wildman–Crippen MR) is 149 cm³/mol. The molecule has 0 unspecified atom stereocenters. The van der Waals surface area contributed by atoms with E-state index < -0.39 is 58.3 Å². The third kappa shape index (κ3) is 9.61. The Morgan fingerprint density at radius 3 is 1.68 bits per heavy atom. The van der Waals surface area contributed by atoms with Crippen molar-refractivity contribution in [3.05, 3.63) is 67.8 Å². The Morgan fingerprint density at radius 1 is 0.829 bits per heavy atom. The van der Waals surface area contributed by atoms with Gasteiger partial charge < -0.3 is 35.5 Å². The molecule has 0 spiro atoms. The fraction of sp³-hybridized carbons (Fsp3) is 0.417. The number of amides is 2. The zero-order chi connectivity index (χ0) is 31.1. The second kappa shape index (κ2) is 13.6. The number of carbonyl (C=O) groups is 2. The Kier molecular flexibility index (Phi) is 11.1. The molecular formula is C24H32B2N4O11. The molecule has 0 bridgehead atoms. The maximum atomic E-state index is 12.6. The summed E-state index contributed by atoms with van der Waals surface area (Å²) >= 11 is 0. The van der Waals surface area contributed by atoms with E-state index in [4.69, 9.17) is 4.74 Å². The lowest BCUT2D eigenvalue weighted by atomic mass is 9.78. The molecule has 0 saturated carbocycles. The third-order valence-electron chi connectivity index (χ3n) is 6.13. The Morgan fingerprint density at radius 2 is 1.27 bits per heavy atom. The molecule has 2 aromatic carbocycles. The van der Waals surface area contributed by atoms with Gasteiger partial charge in [0.15, 0.2) is 0 Å². The maximum Gasteiger partial charge on any atom is 0.495 e. The first kappa shape index (κ1) is 33.3. The van der Waals surface area contributed by atoms with Crippen LogP contribution in [0.5, 0.6) is 0 Å². The average molecular weight is 574 g/mol. The standard InChI is InChI=1S/C24H32B2N4O11/c1-23(2,13-28-22(32)16-6-8-18(26(35)36)20(12-16)30(39)40)14-41-24(3,4)9-10-27-21(31)15-5-7-17(25(33)34)19(11-15)29(37)38/h5-8,11-12,33-36H,9-10,13-14H2,1-4H3,(H,27,31)(H,28,32). The largest absolute Gasteiger partial charge is 0.495 e. The predicted octanol–water partition coefficient (Wildman–Crippen LogP) is -0.766. The van der Waals surface area contributed by atoms with E-state index in [0.717, 1.165) is 24.3 Å². The van der Waals surface area contributed by atoms with Crippen LogP contribution in [0.1, 0.15) is 54.8 Å². The summed E-state index contributed by atoms with van der Waals surface area (Å²) < 4.78 is 6.01. The molecule has 6 N–H and O–H groups in total. The molecule has 17 heteroatoms. The van der Waals surface area contributed by atoms with Crippen molar-refractivity contribution in [3.8, 4) is 0 Å². The quantitative estimate of drug-likeness (QED) is 0.0932. The van der Waals surface area contributed by atoms with Gasteiger partial charge in [-0.3, -0.25) is 29.8 Å². The molecule has 0 aliphatic rings. The van der Waals surface area contributed by atoms with Crippen LogP contribution in [-0.2, 0) is 4.74 Å². The highest BCUT2D eigenvalue weighted by Gasteiger charge is 2.29. The maximum absolute atomic E-state index is 12.6. The minimum absolute atomic E-state index is 0.0239. The molecule has 0 fully saturated rings. The summed E-state index contributed by atoms with van der Waals surface area (Å²) in [5.74, 6) is -1.18. The van der Waals surface area contributed by atoms with Crippen molar-refractivity contribution in [3.63, 3.8) is 0 Å². The first-order chi connectivity index (χ1) is 18.9. The minimum Gasteiger partial charge on any atom is -0.423 e. The fourth-order valence-electron chi connectivity index (χ4n) is 3.64. The molecule has 2 aromatic rings.